The Balaban J connectivity index is 1.63. The van der Waals surface area contributed by atoms with E-state index in [1.54, 1.807) is 12.1 Å². The molecule has 8 heteroatoms. The number of methoxy groups -OCH3 is 1. The van der Waals surface area contributed by atoms with Crippen molar-refractivity contribution >= 4 is 44.9 Å². The lowest BCUT2D eigenvalue weighted by molar-refractivity contribution is 0.0600. The lowest BCUT2D eigenvalue weighted by atomic mass is 9.96. The monoisotopic (exact) mass is 560 g/mol. The molecular weight excluding hydrogens is 536 g/mol. The number of aryl methyl sites for hydroxylation is 1. The number of esters is 1. The largest absolute Gasteiger partial charge is 0.465 e. The quantitative estimate of drug-likeness (QED) is 0.231. The Labute approximate surface area is 224 Å². The number of nitrogens with zero attached hydrogens (tertiary/aromatic N) is 3. The normalized spacial score (nSPS) is 17.2. The number of carbonyl (C=O) groups is 1. The number of carbonyl (C=O) groups excluding carboxylic acids is 1. The van der Waals surface area contributed by atoms with E-state index in [2.05, 4.69) is 67.7 Å². The summed E-state index contributed by atoms with van der Waals surface area (Å²) in [5.74, 6) is -0.350. The van der Waals surface area contributed by atoms with Crippen LogP contribution in [0.2, 0.25) is 0 Å². The molecule has 0 saturated carbocycles. The molecule has 5 rings (SSSR count). The summed E-state index contributed by atoms with van der Waals surface area (Å²) in [6.45, 7) is 4.21. The molecule has 6 nitrogen and oxygen atoms in total. The summed E-state index contributed by atoms with van der Waals surface area (Å²) in [4.78, 5) is 18.7. The summed E-state index contributed by atoms with van der Waals surface area (Å²) < 4.78 is 8.06. The van der Waals surface area contributed by atoms with Gasteiger partial charge in [0, 0.05) is 33.4 Å². The molecule has 2 atom stereocenters. The van der Waals surface area contributed by atoms with Crippen molar-refractivity contribution in [2.24, 2.45) is 0 Å². The van der Waals surface area contributed by atoms with Crippen LogP contribution in [0.25, 0.3) is 5.69 Å². The molecule has 1 saturated heterocycles. The van der Waals surface area contributed by atoms with Crippen molar-refractivity contribution < 1.29 is 9.53 Å². The third kappa shape index (κ3) is 4.31. The minimum Gasteiger partial charge on any atom is -0.465 e. The van der Waals surface area contributed by atoms with Crippen LogP contribution in [0.3, 0.4) is 0 Å². The standard InChI is InChI=1S/C28H25BrN4O2S/c1-17-16-23(18(2)32(17)21-11-7-19(8-12-21)27(34)35-3)26-25(24-6-4-5-15-30-24)31-28(36)33(26)22-13-9-20(29)10-14-22/h4-16,25-26H,1-3H3,(H,31,36)/t25-,26-/m0/s1. The first-order valence-electron chi connectivity index (χ1n) is 11.5. The van der Waals surface area contributed by atoms with Gasteiger partial charge in [0.15, 0.2) is 5.11 Å². The molecule has 2 aromatic carbocycles. The maximum atomic E-state index is 11.9. The maximum absolute atomic E-state index is 11.9. The molecule has 0 spiro atoms. The number of thiocarbonyl (C=S) groups is 1. The summed E-state index contributed by atoms with van der Waals surface area (Å²) in [5, 5.41) is 4.18. The van der Waals surface area contributed by atoms with Crippen LogP contribution in [-0.2, 0) is 4.74 Å². The number of aromatic nitrogens is 2. The molecular formula is C28H25BrN4O2S. The highest BCUT2D eigenvalue weighted by atomic mass is 79.9. The number of ether oxygens (including phenoxy) is 1. The maximum Gasteiger partial charge on any atom is 0.337 e. The zero-order chi connectivity index (χ0) is 25.4. The van der Waals surface area contributed by atoms with Crippen molar-refractivity contribution in [1.29, 1.82) is 0 Å². The van der Waals surface area contributed by atoms with Crippen LogP contribution in [0, 0.1) is 13.8 Å². The van der Waals surface area contributed by atoms with Gasteiger partial charge in [-0.05, 0) is 98.4 Å². The van der Waals surface area contributed by atoms with Crippen molar-refractivity contribution in [1.82, 2.24) is 14.9 Å². The van der Waals surface area contributed by atoms with Gasteiger partial charge >= 0.3 is 5.97 Å². The van der Waals surface area contributed by atoms with Crippen LogP contribution < -0.4 is 10.2 Å². The number of benzene rings is 2. The van der Waals surface area contributed by atoms with Gasteiger partial charge in [-0.3, -0.25) is 4.98 Å². The fourth-order valence-electron chi connectivity index (χ4n) is 4.90. The molecule has 1 fully saturated rings. The number of hydrogen-bond donors (Lipinski definition) is 1. The van der Waals surface area contributed by atoms with Gasteiger partial charge in [-0.15, -0.1) is 0 Å². The Morgan fingerprint density at radius 2 is 1.72 bits per heavy atom. The van der Waals surface area contributed by atoms with Gasteiger partial charge in [-0.25, -0.2) is 4.79 Å². The lowest BCUT2D eigenvalue weighted by Crippen LogP contribution is -2.29. The molecule has 36 heavy (non-hydrogen) atoms. The summed E-state index contributed by atoms with van der Waals surface area (Å²) in [6, 6.07) is 23.6. The van der Waals surface area contributed by atoms with Crippen LogP contribution in [0.1, 0.15) is 45.1 Å². The predicted molar refractivity (Wildman–Crippen MR) is 149 cm³/mol. The first kappa shape index (κ1) is 24.2. The predicted octanol–water partition coefficient (Wildman–Crippen LogP) is 6.22. The van der Waals surface area contributed by atoms with Gasteiger partial charge in [-0.2, -0.15) is 0 Å². The van der Waals surface area contributed by atoms with Gasteiger partial charge in [0.25, 0.3) is 0 Å². The molecule has 3 heterocycles. The van der Waals surface area contributed by atoms with Crippen molar-refractivity contribution in [2.75, 3.05) is 12.0 Å². The van der Waals surface area contributed by atoms with E-state index in [0.717, 1.165) is 38.5 Å². The molecule has 1 aliphatic heterocycles. The van der Waals surface area contributed by atoms with Crippen molar-refractivity contribution in [3.63, 3.8) is 0 Å². The second-order valence-corrected chi connectivity index (χ2v) is 9.98. The first-order valence-corrected chi connectivity index (χ1v) is 12.7. The summed E-state index contributed by atoms with van der Waals surface area (Å²) >= 11 is 9.40. The Bertz CT molecular complexity index is 1420. The van der Waals surface area contributed by atoms with Gasteiger partial charge in [0.2, 0.25) is 0 Å². The molecule has 0 aliphatic carbocycles. The highest BCUT2D eigenvalue weighted by Crippen LogP contribution is 2.43. The SMILES string of the molecule is COC(=O)c1ccc(-n2c(C)cc([C@H]3[C@H](c4ccccn4)NC(=S)N3c3ccc(Br)cc3)c2C)cc1. The Morgan fingerprint density at radius 1 is 1.03 bits per heavy atom. The minimum absolute atomic E-state index is 0.108. The molecule has 0 radical (unpaired) electrons. The number of anilines is 1. The average Bonchev–Trinajstić information content (AvgIpc) is 3.39. The van der Waals surface area contributed by atoms with Crippen LogP contribution in [0.4, 0.5) is 5.69 Å². The Morgan fingerprint density at radius 3 is 2.36 bits per heavy atom. The first-order chi connectivity index (χ1) is 17.4. The average molecular weight is 562 g/mol. The topological polar surface area (TPSA) is 59.4 Å². The van der Waals surface area contributed by atoms with E-state index >= 15 is 0 Å². The van der Waals surface area contributed by atoms with Crippen LogP contribution in [0.15, 0.2) is 83.5 Å². The van der Waals surface area contributed by atoms with E-state index in [1.165, 1.54) is 7.11 Å². The van der Waals surface area contributed by atoms with E-state index in [1.807, 2.05) is 48.7 Å². The fourth-order valence-corrected chi connectivity index (χ4v) is 5.51. The zero-order valence-corrected chi connectivity index (χ0v) is 22.5. The van der Waals surface area contributed by atoms with Gasteiger partial charge in [-0.1, -0.05) is 22.0 Å². The summed E-state index contributed by atoms with van der Waals surface area (Å²) in [6.07, 6.45) is 1.81. The number of pyridine rings is 1. The number of nitrogens with one attached hydrogen (secondary N) is 1. The second kappa shape index (κ2) is 9.87. The van der Waals surface area contributed by atoms with E-state index in [4.69, 9.17) is 17.0 Å². The molecule has 0 bridgehead atoms. The van der Waals surface area contributed by atoms with Crippen molar-refractivity contribution in [2.45, 2.75) is 25.9 Å². The molecule has 182 valence electrons. The third-order valence-electron chi connectivity index (χ3n) is 6.54. The van der Waals surface area contributed by atoms with E-state index in [0.29, 0.717) is 10.7 Å². The van der Waals surface area contributed by atoms with Crippen LogP contribution in [-0.4, -0.2) is 27.7 Å². The Kier molecular flexibility index (Phi) is 6.64. The summed E-state index contributed by atoms with van der Waals surface area (Å²) in [7, 11) is 1.39. The van der Waals surface area contributed by atoms with Gasteiger partial charge in [0.1, 0.15) is 0 Å². The highest BCUT2D eigenvalue weighted by molar-refractivity contribution is 9.10. The minimum atomic E-state index is -0.350. The fraction of sp³-hybridized carbons (Fsp3) is 0.179. The Hall–Kier alpha value is -3.49. The van der Waals surface area contributed by atoms with Gasteiger partial charge in [0.05, 0.1) is 30.5 Å². The zero-order valence-electron chi connectivity index (χ0n) is 20.1. The molecule has 2 aromatic heterocycles. The van der Waals surface area contributed by atoms with Gasteiger partial charge < -0.3 is 19.5 Å². The molecule has 1 aliphatic rings. The number of hydrogen-bond acceptors (Lipinski definition) is 4. The smallest absolute Gasteiger partial charge is 0.337 e. The number of rotatable bonds is 5. The molecule has 1 N–H and O–H groups in total. The van der Waals surface area contributed by atoms with Crippen molar-refractivity contribution in [3.8, 4) is 5.69 Å². The van der Waals surface area contributed by atoms with E-state index < -0.39 is 0 Å². The second-order valence-electron chi connectivity index (χ2n) is 8.67. The molecule has 0 unspecified atom stereocenters. The number of halogens is 1. The highest BCUT2D eigenvalue weighted by Gasteiger charge is 2.42. The molecule has 0 amide bonds. The van der Waals surface area contributed by atoms with Crippen LogP contribution >= 0.6 is 28.1 Å². The van der Waals surface area contributed by atoms with Crippen LogP contribution in [0.5, 0.6) is 0 Å². The molecule has 4 aromatic rings. The lowest BCUT2D eigenvalue weighted by Gasteiger charge is -2.28. The van der Waals surface area contributed by atoms with Crippen molar-refractivity contribution in [3.05, 3.63) is 112 Å². The summed E-state index contributed by atoms with van der Waals surface area (Å²) in [5.41, 5.74) is 6.76. The third-order valence-corrected chi connectivity index (χ3v) is 7.38. The van der Waals surface area contributed by atoms with E-state index in [9.17, 15) is 4.79 Å². The van der Waals surface area contributed by atoms with E-state index in [-0.39, 0.29) is 18.1 Å².